The van der Waals surface area contributed by atoms with Crippen LogP contribution in [0.3, 0.4) is 0 Å². The van der Waals surface area contributed by atoms with Gasteiger partial charge in [-0.25, -0.2) is 9.66 Å². The van der Waals surface area contributed by atoms with Gasteiger partial charge in [0.15, 0.2) is 0 Å². The molecule has 1 aromatic heterocycles. The van der Waals surface area contributed by atoms with Gasteiger partial charge >= 0.3 is 0 Å². The first kappa shape index (κ1) is 7.16. The van der Waals surface area contributed by atoms with Crippen molar-refractivity contribution in [2.24, 2.45) is 0 Å². The highest BCUT2D eigenvalue weighted by Crippen LogP contribution is 2.16. The SMILES string of the molecule is Cc1cccc2c1nc(C)n2N. The maximum Gasteiger partial charge on any atom is 0.125 e. The second kappa shape index (κ2) is 2.24. The van der Waals surface area contributed by atoms with Gasteiger partial charge < -0.3 is 5.84 Å². The summed E-state index contributed by atoms with van der Waals surface area (Å²) in [5.41, 5.74) is 3.16. The maximum absolute atomic E-state index is 5.76. The summed E-state index contributed by atoms with van der Waals surface area (Å²) >= 11 is 0. The van der Waals surface area contributed by atoms with Crippen LogP contribution >= 0.6 is 0 Å². The first-order chi connectivity index (χ1) is 5.70. The highest BCUT2D eigenvalue weighted by Gasteiger charge is 2.04. The Balaban J connectivity index is 2.95. The molecule has 0 atom stereocenters. The van der Waals surface area contributed by atoms with Crippen LogP contribution in [-0.2, 0) is 0 Å². The van der Waals surface area contributed by atoms with Crippen molar-refractivity contribution in [1.82, 2.24) is 9.66 Å². The third-order valence-corrected chi connectivity index (χ3v) is 2.10. The number of hydrogen-bond acceptors (Lipinski definition) is 2. The van der Waals surface area contributed by atoms with Gasteiger partial charge in [0.05, 0.1) is 11.0 Å². The zero-order valence-corrected chi connectivity index (χ0v) is 7.20. The van der Waals surface area contributed by atoms with Gasteiger partial charge in [0, 0.05) is 0 Å². The number of imidazole rings is 1. The average molecular weight is 161 g/mol. The van der Waals surface area contributed by atoms with E-state index in [0.717, 1.165) is 16.9 Å². The zero-order valence-electron chi connectivity index (χ0n) is 7.20. The number of nitrogen functional groups attached to an aromatic ring is 1. The van der Waals surface area contributed by atoms with E-state index in [4.69, 9.17) is 5.84 Å². The standard InChI is InChI=1S/C9H11N3/c1-6-4-3-5-8-9(6)11-7(2)12(8)10/h3-5H,10H2,1-2H3. The summed E-state index contributed by atoms with van der Waals surface area (Å²) in [4.78, 5) is 4.35. The topological polar surface area (TPSA) is 43.8 Å². The van der Waals surface area contributed by atoms with E-state index in [1.807, 2.05) is 32.0 Å². The second-order valence-corrected chi connectivity index (χ2v) is 2.97. The molecule has 2 N–H and O–H groups in total. The minimum Gasteiger partial charge on any atom is -0.337 e. The first-order valence-electron chi connectivity index (χ1n) is 3.90. The molecule has 2 aromatic rings. The van der Waals surface area contributed by atoms with Gasteiger partial charge in [-0.15, -0.1) is 0 Å². The lowest BCUT2D eigenvalue weighted by molar-refractivity contribution is 0.956. The quantitative estimate of drug-likeness (QED) is 0.593. The van der Waals surface area contributed by atoms with Crippen molar-refractivity contribution in [3.63, 3.8) is 0 Å². The predicted molar refractivity (Wildman–Crippen MR) is 49.4 cm³/mol. The summed E-state index contributed by atoms with van der Waals surface area (Å²) in [5, 5.41) is 0. The van der Waals surface area contributed by atoms with E-state index in [9.17, 15) is 0 Å². The third-order valence-electron chi connectivity index (χ3n) is 2.10. The molecule has 0 saturated carbocycles. The molecule has 0 radical (unpaired) electrons. The fraction of sp³-hybridized carbons (Fsp3) is 0.222. The smallest absolute Gasteiger partial charge is 0.125 e. The number of fused-ring (bicyclic) bond motifs is 1. The Hall–Kier alpha value is -1.51. The third kappa shape index (κ3) is 0.794. The molecule has 0 aliphatic heterocycles. The van der Waals surface area contributed by atoms with Crippen LogP contribution in [0.1, 0.15) is 11.4 Å². The molecule has 62 valence electrons. The minimum atomic E-state index is 0.847. The Bertz CT molecular complexity index is 429. The molecule has 1 aromatic carbocycles. The van der Waals surface area contributed by atoms with E-state index in [-0.39, 0.29) is 0 Å². The Kier molecular flexibility index (Phi) is 1.33. The monoisotopic (exact) mass is 161 g/mol. The molecule has 0 bridgehead atoms. The number of nitrogens with two attached hydrogens (primary N) is 1. The van der Waals surface area contributed by atoms with Crippen LogP contribution < -0.4 is 5.84 Å². The van der Waals surface area contributed by atoms with Crippen molar-refractivity contribution < 1.29 is 0 Å². The maximum atomic E-state index is 5.76. The molecule has 0 unspecified atom stereocenters. The number of para-hydroxylation sites is 1. The summed E-state index contributed by atoms with van der Waals surface area (Å²) in [7, 11) is 0. The van der Waals surface area contributed by atoms with Crippen molar-refractivity contribution in [2.45, 2.75) is 13.8 Å². The van der Waals surface area contributed by atoms with Gasteiger partial charge in [-0.2, -0.15) is 0 Å². The van der Waals surface area contributed by atoms with Gasteiger partial charge in [-0.1, -0.05) is 12.1 Å². The van der Waals surface area contributed by atoms with Gasteiger partial charge in [0.2, 0.25) is 0 Å². The van der Waals surface area contributed by atoms with Crippen LogP contribution in [0.2, 0.25) is 0 Å². The van der Waals surface area contributed by atoms with Gasteiger partial charge in [0.25, 0.3) is 0 Å². The van der Waals surface area contributed by atoms with Crippen molar-refractivity contribution in [3.05, 3.63) is 29.6 Å². The summed E-state index contributed by atoms with van der Waals surface area (Å²) in [6.45, 7) is 3.94. The summed E-state index contributed by atoms with van der Waals surface area (Å²) in [6, 6.07) is 6.00. The van der Waals surface area contributed by atoms with E-state index in [2.05, 4.69) is 4.98 Å². The lowest BCUT2D eigenvalue weighted by Gasteiger charge is -1.96. The van der Waals surface area contributed by atoms with Gasteiger partial charge in [-0.3, -0.25) is 0 Å². The molecule has 0 spiro atoms. The number of aromatic nitrogens is 2. The highest BCUT2D eigenvalue weighted by atomic mass is 15.3. The molecule has 0 amide bonds. The Morgan fingerprint density at radius 2 is 2.08 bits per heavy atom. The average Bonchev–Trinajstić information content (AvgIpc) is 2.32. The number of aryl methyl sites for hydroxylation is 2. The number of rotatable bonds is 0. The van der Waals surface area contributed by atoms with Crippen LogP contribution in [-0.4, -0.2) is 9.66 Å². The van der Waals surface area contributed by atoms with Crippen LogP contribution in [0.15, 0.2) is 18.2 Å². The van der Waals surface area contributed by atoms with Gasteiger partial charge in [0.1, 0.15) is 5.82 Å². The number of nitrogens with zero attached hydrogens (tertiary/aromatic N) is 2. The van der Waals surface area contributed by atoms with E-state index >= 15 is 0 Å². The van der Waals surface area contributed by atoms with E-state index in [1.54, 1.807) is 4.68 Å². The normalized spacial score (nSPS) is 10.8. The molecular weight excluding hydrogens is 150 g/mol. The molecule has 1 heterocycles. The predicted octanol–water partition coefficient (Wildman–Crippen LogP) is 1.37. The summed E-state index contributed by atoms with van der Waals surface area (Å²) < 4.78 is 1.61. The fourth-order valence-corrected chi connectivity index (χ4v) is 1.37. The molecule has 3 nitrogen and oxygen atoms in total. The molecule has 2 rings (SSSR count). The first-order valence-corrected chi connectivity index (χ1v) is 3.90. The molecule has 0 aliphatic rings. The molecule has 12 heavy (non-hydrogen) atoms. The Morgan fingerprint density at radius 3 is 2.75 bits per heavy atom. The van der Waals surface area contributed by atoms with E-state index < -0.39 is 0 Å². The number of hydrogen-bond donors (Lipinski definition) is 1. The van der Waals surface area contributed by atoms with E-state index in [0.29, 0.717) is 0 Å². The van der Waals surface area contributed by atoms with Crippen molar-refractivity contribution in [1.29, 1.82) is 0 Å². The van der Waals surface area contributed by atoms with Crippen molar-refractivity contribution in [3.8, 4) is 0 Å². The fourth-order valence-electron chi connectivity index (χ4n) is 1.37. The largest absolute Gasteiger partial charge is 0.337 e. The van der Waals surface area contributed by atoms with Crippen molar-refractivity contribution >= 4 is 11.0 Å². The highest BCUT2D eigenvalue weighted by molar-refractivity contribution is 5.79. The second-order valence-electron chi connectivity index (χ2n) is 2.97. The summed E-state index contributed by atoms with van der Waals surface area (Å²) in [6.07, 6.45) is 0. The van der Waals surface area contributed by atoms with Crippen LogP contribution in [0.5, 0.6) is 0 Å². The van der Waals surface area contributed by atoms with Crippen LogP contribution in [0.4, 0.5) is 0 Å². The lowest BCUT2D eigenvalue weighted by atomic mass is 10.2. The Labute approximate surface area is 70.8 Å². The molecule has 0 saturated heterocycles. The zero-order chi connectivity index (χ0) is 8.72. The van der Waals surface area contributed by atoms with Crippen molar-refractivity contribution in [2.75, 3.05) is 5.84 Å². The van der Waals surface area contributed by atoms with Crippen LogP contribution in [0, 0.1) is 13.8 Å². The van der Waals surface area contributed by atoms with Crippen LogP contribution in [0.25, 0.3) is 11.0 Å². The summed E-state index contributed by atoms with van der Waals surface area (Å²) in [5.74, 6) is 6.61. The molecular formula is C9H11N3. The van der Waals surface area contributed by atoms with Gasteiger partial charge in [-0.05, 0) is 25.5 Å². The number of benzene rings is 1. The minimum absolute atomic E-state index is 0.847. The molecule has 0 fully saturated rings. The Morgan fingerprint density at radius 1 is 1.33 bits per heavy atom. The van der Waals surface area contributed by atoms with E-state index in [1.165, 1.54) is 5.56 Å². The molecule has 0 aliphatic carbocycles. The molecule has 3 heteroatoms. The lowest BCUT2D eigenvalue weighted by Crippen LogP contribution is -2.09.